The van der Waals surface area contributed by atoms with Crippen molar-refractivity contribution in [2.24, 2.45) is 23.0 Å². The summed E-state index contributed by atoms with van der Waals surface area (Å²) in [4.78, 5) is 14.6. The molecule has 3 heteroatoms. The predicted octanol–water partition coefficient (Wildman–Crippen LogP) is 2.40. The van der Waals surface area contributed by atoms with Gasteiger partial charge in [-0.1, -0.05) is 26.7 Å². The Hall–Kier alpha value is -0.570. The number of amides is 1. The van der Waals surface area contributed by atoms with Crippen LogP contribution in [0.2, 0.25) is 0 Å². The van der Waals surface area contributed by atoms with E-state index in [9.17, 15) is 4.79 Å². The summed E-state index contributed by atoms with van der Waals surface area (Å²) in [6.45, 7) is 7.21. The molecule has 0 bridgehead atoms. The average molecular weight is 252 g/mol. The second kappa shape index (κ2) is 5.60. The number of piperidine rings is 1. The molecule has 0 unspecified atom stereocenters. The van der Waals surface area contributed by atoms with Crippen LogP contribution < -0.4 is 5.73 Å². The molecule has 0 aromatic heterocycles. The number of likely N-dealkylation sites (tertiary alicyclic amines) is 1. The van der Waals surface area contributed by atoms with Gasteiger partial charge in [0, 0.05) is 19.0 Å². The van der Waals surface area contributed by atoms with Crippen LogP contribution in [-0.4, -0.2) is 30.4 Å². The van der Waals surface area contributed by atoms with E-state index in [1.165, 1.54) is 12.8 Å². The maximum Gasteiger partial charge on any atom is 0.226 e. The maximum absolute atomic E-state index is 12.5. The van der Waals surface area contributed by atoms with Crippen molar-refractivity contribution in [3.63, 3.8) is 0 Å². The first kappa shape index (κ1) is 13.9. The van der Waals surface area contributed by atoms with Gasteiger partial charge in [-0.05, 0) is 43.6 Å². The third-order valence-corrected chi connectivity index (χ3v) is 5.41. The van der Waals surface area contributed by atoms with Gasteiger partial charge in [0.25, 0.3) is 0 Å². The Bertz CT molecular complexity index is 295. The summed E-state index contributed by atoms with van der Waals surface area (Å²) in [5, 5.41) is 0. The standard InChI is InChI=1S/C15H28N2O/c1-3-15(2)7-9-17(10-8-15)14(18)13-6-4-5-12(13)11-16/h12-13H,3-11,16H2,1-2H3/t12-,13-/m1/s1. The molecule has 0 aromatic carbocycles. The molecular formula is C15H28N2O. The SMILES string of the molecule is CCC1(C)CCN(C(=O)[C@@H]2CCC[C@@H]2CN)CC1. The van der Waals surface area contributed by atoms with Crippen molar-refractivity contribution < 1.29 is 4.79 Å². The summed E-state index contributed by atoms with van der Waals surface area (Å²) < 4.78 is 0. The zero-order chi connectivity index (χ0) is 13.2. The second-order valence-corrected chi connectivity index (χ2v) is 6.52. The van der Waals surface area contributed by atoms with Gasteiger partial charge in [0.15, 0.2) is 0 Å². The largest absolute Gasteiger partial charge is 0.342 e. The minimum Gasteiger partial charge on any atom is -0.342 e. The van der Waals surface area contributed by atoms with Crippen molar-refractivity contribution in [2.45, 2.75) is 52.4 Å². The molecule has 1 saturated carbocycles. The number of carbonyl (C=O) groups excluding carboxylic acids is 1. The van der Waals surface area contributed by atoms with E-state index in [4.69, 9.17) is 5.73 Å². The summed E-state index contributed by atoms with van der Waals surface area (Å²) in [7, 11) is 0. The van der Waals surface area contributed by atoms with Crippen LogP contribution in [-0.2, 0) is 4.79 Å². The van der Waals surface area contributed by atoms with Gasteiger partial charge in [-0.3, -0.25) is 4.79 Å². The predicted molar refractivity (Wildman–Crippen MR) is 74.1 cm³/mol. The molecule has 104 valence electrons. The summed E-state index contributed by atoms with van der Waals surface area (Å²) >= 11 is 0. The number of rotatable bonds is 3. The lowest BCUT2D eigenvalue weighted by Crippen LogP contribution is -2.45. The van der Waals surface area contributed by atoms with Crippen LogP contribution >= 0.6 is 0 Å². The van der Waals surface area contributed by atoms with Crippen molar-refractivity contribution in [1.29, 1.82) is 0 Å². The number of hydrogen-bond donors (Lipinski definition) is 1. The normalized spacial score (nSPS) is 31.6. The van der Waals surface area contributed by atoms with Crippen molar-refractivity contribution >= 4 is 5.91 Å². The first-order chi connectivity index (χ1) is 8.59. The molecule has 0 radical (unpaired) electrons. The first-order valence-electron chi connectivity index (χ1n) is 7.58. The molecule has 2 aliphatic rings. The van der Waals surface area contributed by atoms with Crippen LogP contribution in [0.25, 0.3) is 0 Å². The lowest BCUT2D eigenvalue weighted by Gasteiger charge is -2.40. The van der Waals surface area contributed by atoms with Crippen LogP contribution in [0.4, 0.5) is 0 Å². The van der Waals surface area contributed by atoms with E-state index in [-0.39, 0.29) is 5.92 Å². The lowest BCUT2D eigenvalue weighted by atomic mass is 9.78. The van der Waals surface area contributed by atoms with Crippen molar-refractivity contribution in [2.75, 3.05) is 19.6 Å². The molecule has 2 N–H and O–H groups in total. The highest BCUT2D eigenvalue weighted by molar-refractivity contribution is 5.79. The minimum atomic E-state index is 0.223. The fourth-order valence-electron chi connectivity index (χ4n) is 3.50. The molecule has 0 spiro atoms. The van der Waals surface area contributed by atoms with E-state index in [1.807, 2.05) is 0 Å². The van der Waals surface area contributed by atoms with Gasteiger partial charge in [0.2, 0.25) is 5.91 Å². The number of nitrogens with two attached hydrogens (primary N) is 1. The number of hydrogen-bond acceptors (Lipinski definition) is 2. The Morgan fingerprint density at radius 2 is 2.00 bits per heavy atom. The van der Waals surface area contributed by atoms with E-state index in [2.05, 4.69) is 18.7 Å². The van der Waals surface area contributed by atoms with Gasteiger partial charge >= 0.3 is 0 Å². The van der Waals surface area contributed by atoms with Crippen LogP contribution in [0.15, 0.2) is 0 Å². The highest BCUT2D eigenvalue weighted by Gasteiger charge is 2.37. The number of nitrogens with zero attached hydrogens (tertiary/aromatic N) is 1. The van der Waals surface area contributed by atoms with Crippen molar-refractivity contribution in [1.82, 2.24) is 4.90 Å². The average Bonchev–Trinajstić information content (AvgIpc) is 2.87. The fourth-order valence-corrected chi connectivity index (χ4v) is 3.50. The monoisotopic (exact) mass is 252 g/mol. The van der Waals surface area contributed by atoms with Gasteiger partial charge in [-0.25, -0.2) is 0 Å². The molecule has 2 rings (SSSR count). The molecule has 2 fully saturated rings. The second-order valence-electron chi connectivity index (χ2n) is 6.52. The van der Waals surface area contributed by atoms with Crippen molar-refractivity contribution in [3.05, 3.63) is 0 Å². The summed E-state index contributed by atoms with van der Waals surface area (Å²) in [5.41, 5.74) is 6.24. The molecule has 2 atom stereocenters. The molecule has 1 heterocycles. The Morgan fingerprint density at radius 3 is 2.56 bits per heavy atom. The van der Waals surface area contributed by atoms with Crippen LogP contribution in [0, 0.1) is 17.3 Å². The van der Waals surface area contributed by atoms with E-state index < -0.39 is 0 Å². The lowest BCUT2D eigenvalue weighted by molar-refractivity contribution is -0.138. The van der Waals surface area contributed by atoms with Gasteiger partial charge in [0.1, 0.15) is 0 Å². The van der Waals surface area contributed by atoms with E-state index >= 15 is 0 Å². The zero-order valence-electron chi connectivity index (χ0n) is 12.0. The Morgan fingerprint density at radius 1 is 1.33 bits per heavy atom. The molecule has 3 nitrogen and oxygen atoms in total. The highest BCUT2D eigenvalue weighted by Crippen LogP contribution is 2.37. The molecule has 18 heavy (non-hydrogen) atoms. The molecule has 1 aliphatic heterocycles. The van der Waals surface area contributed by atoms with Gasteiger partial charge in [-0.15, -0.1) is 0 Å². The van der Waals surface area contributed by atoms with Crippen LogP contribution in [0.5, 0.6) is 0 Å². The minimum absolute atomic E-state index is 0.223. The van der Waals surface area contributed by atoms with Crippen molar-refractivity contribution in [3.8, 4) is 0 Å². The Kier molecular flexibility index (Phi) is 4.31. The molecule has 1 amide bonds. The maximum atomic E-state index is 12.5. The van der Waals surface area contributed by atoms with Gasteiger partial charge < -0.3 is 10.6 Å². The summed E-state index contributed by atoms with van der Waals surface area (Å²) in [5.74, 6) is 1.05. The molecule has 1 saturated heterocycles. The number of carbonyl (C=O) groups is 1. The highest BCUT2D eigenvalue weighted by atomic mass is 16.2. The Balaban J connectivity index is 1.91. The third-order valence-electron chi connectivity index (χ3n) is 5.41. The fraction of sp³-hybridized carbons (Fsp3) is 0.933. The quantitative estimate of drug-likeness (QED) is 0.838. The first-order valence-corrected chi connectivity index (χ1v) is 7.58. The van der Waals surface area contributed by atoms with E-state index in [1.54, 1.807) is 0 Å². The van der Waals surface area contributed by atoms with Crippen LogP contribution in [0.3, 0.4) is 0 Å². The van der Waals surface area contributed by atoms with Gasteiger partial charge in [0.05, 0.1) is 0 Å². The van der Waals surface area contributed by atoms with Gasteiger partial charge in [-0.2, -0.15) is 0 Å². The van der Waals surface area contributed by atoms with E-state index in [0.717, 1.165) is 38.8 Å². The van der Waals surface area contributed by atoms with Crippen LogP contribution in [0.1, 0.15) is 52.4 Å². The molecule has 1 aliphatic carbocycles. The topological polar surface area (TPSA) is 46.3 Å². The zero-order valence-corrected chi connectivity index (χ0v) is 12.0. The third kappa shape index (κ3) is 2.71. The van der Waals surface area contributed by atoms with E-state index in [0.29, 0.717) is 23.8 Å². The molecular weight excluding hydrogens is 224 g/mol. The smallest absolute Gasteiger partial charge is 0.226 e. The Labute approximate surface area is 111 Å². The summed E-state index contributed by atoms with van der Waals surface area (Å²) in [6.07, 6.45) is 6.93. The molecule has 0 aromatic rings. The summed E-state index contributed by atoms with van der Waals surface area (Å²) in [6, 6.07) is 0.